The highest BCUT2D eigenvalue weighted by Gasteiger charge is 2.17. The van der Waals surface area contributed by atoms with Crippen LogP contribution in [-0.2, 0) is 13.8 Å². The van der Waals surface area contributed by atoms with Crippen molar-refractivity contribution in [3.8, 4) is 0 Å². The predicted octanol–water partition coefficient (Wildman–Crippen LogP) is 2.24. The number of carbonyl (C=O) groups excluding carboxylic acids is 1. The molecule has 1 aromatic rings. The Labute approximate surface area is 96.2 Å². The fourth-order valence-corrected chi connectivity index (χ4v) is 2.77. The van der Waals surface area contributed by atoms with E-state index in [2.05, 4.69) is 0 Å². The standard InChI is InChI=1S/C8H9ClO4S2/c1-5(2)13-8(10)6-3-7(14-4-6)15(9,11)12/h3-5H,1-2H3. The van der Waals surface area contributed by atoms with Gasteiger partial charge in [0.1, 0.15) is 4.21 Å². The molecule has 0 amide bonds. The molecule has 0 aliphatic rings. The van der Waals surface area contributed by atoms with Crippen LogP contribution in [0.3, 0.4) is 0 Å². The van der Waals surface area contributed by atoms with Gasteiger partial charge < -0.3 is 4.74 Å². The summed E-state index contributed by atoms with van der Waals surface area (Å²) in [6, 6.07) is 1.21. The van der Waals surface area contributed by atoms with Crippen molar-refractivity contribution in [2.75, 3.05) is 0 Å². The molecule has 0 fully saturated rings. The Morgan fingerprint density at radius 2 is 2.13 bits per heavy atom. The first-order chi connectivity index (χ1) is 6.80. The molecule has 0 spiro atoms. The summed E-state index contributed by atoms with van der Waals surface area (Å²) in [5.41, 5.74) is 0.202. The van der Waals surface area contributed by atoms with E-state index in [-0.39, 0.29) is 15.9 Å². The summed E-state index contributed by atoms with van der Waals surface area (Å²) in [5, 5.41) is 1.40. The highest BCUT2D eigenvalue weighted by Crippen LogP contribution is 2.24. The summed E-state index contributed by atoms with van der Waals surface area (Å²) >= 11 is 0.891. The van der Waals surface area contributed by atoms with E-state index in [1.807, 2.05) is 0 Å². The van der Waals surface area contributed by atoms with Crippen LogP contribution in [0.25, 0.3) is 0 Å². The molecule has 1 aromatic heterocycles. The van der Waals surface area contributed by atoms with Crippen LogP contribution in [0.1, 0.15) is 24.2 Å². The average Bonchev–Trinajstić information content (AvgIpc) is 2.48. The molecule has 0 atom stereocenters. The minimum absolute atomic E-state index is 0.0557. The van der Waals surface area contributed by atoms with Gasteiger partial charge in [-0.1, -0.05) is 0 Å². The van der Waals surface area contributed by atoms with Gasteiger partial charge in [0.15, 0.2) is 0 Å². The molecule has 84 valence electrons. The van der Waals surface area contributed by atoms with E-state index in [1.165, 1.54) is 11.4 Å². The molecule has 0 aliphatic heterocycles. The van der Waals surface area contributed by atoms with Crippen LogP contribution in [0.4, 0.5) is 0 Å². The molecule has 0 aliphatic carbocycles. The Hall–Kier alpha value is -0.590. The molecule has 0 saturated carbocycles. The molecule has 0 unspecified atom stereocenters. The molecule has 15 heavy (non-hydrogen) atoms. The first-order valence-corrected chi connectivity index (χ1v) is 7.24. The van der Waals surface area contributed by atoms with Crippen molar-refractivity contribution in [2.45, 2.75) is 24.2 Å². The van der Waals surface area contributed by atoms with E-state index in [9.17, 15) is 13.2 Å². The van der Waals surface area contributed by atoms with Gasteiger partial charge in [0.05, 0.1) is 11.7 Å². The van der Waals surface area contributed by atoms with Gasteiger partial charge in [-0.3, -0.25) is 0 Å². The van der Waals surface area contributed by atoms with Gasteiger partial charge in [0.25, 0.3) is 9.05 Å². The van der Waals surface area contributed by atoms with Gasteiger partial charge >= 0.3 is 5.97 Å². The number of rotatable bonds is 3. The lowest BCUT2D eigenvalue weighted by atomic mass is 10.3. The number of esters is 1. The van der Waals surface area contributed by atoms with E-state index in [1.54, 1.807) is 13.8 Å². The number of halogens is 1. The predicted molar refractivity (Wildman–Crippen MR) is 57.9 cm³/mol. The SMILES string of the molecule is CC(C)OC(=O)c1csc(S(=O)(=O)Cl)c1. The number of ether oxygens (including phenoxy) is 1. The smallest absolute Gasteiger partial charge is 0.339 e. The van der Waals surface area contributed by atoms with E-state index >= 15 is 0 Å². The van der Waals surface area contributed by atoms with Crippen molar-refractivity contribution in [3.63, 3.8) is 0 Å². The summed E-state index contributed by atoms with van der Waals surface area (Å²) in [6.45, 7) is 3.42. The first kappa shape index (κ1) is 12.5. The van der Waals surface area contributed by atoms with E-state index in [0.29, 0.717) is 0 Å². The van der Waals surface area contributed by atoms with Gasteiger partial charge in [-0.2, -0.15) is 0 Å². The molecule has 0 bridgehead atoms. The van der Waals surface area contributed by atoms with Crippen molar-refractivity contribution in [3.05, 3.63) is 17.0 Å². The zero-order valence-corrected chi connectivity index (χ0v) is 10.4. The van der Waals surface area contributed by atoms with E-state index in [0.717, 1.165) is 11.3 Å². The fourth-order valence-electron chi connectivity index (χ4n) is 0.834. The summed E-state index contributed by atoms with van der Waals surface area (Å²) in [6.07, 6.45) is -0.242. The second kappa shape index (κ2) is 4.51. The second-order valence-electron chi connectivity index (χ2n) is 3.05. The number of thiophene rings is 1. The highest BCUT2D eigenvalue weighted by atomic mass is 35.7. The zero-order valence-electron chi connectivity index (χ0n) is 8.06. The van der Waals surface area contributed by atoms with Crippen molar-refractivity contribution >= 4 is 37.0 Å². The van der Waals surface area contributed by atoms with Gasteiger partial charge in [0.2, 0.25) is 0 Å². The number of hydrogen-bond acceptors (Lipinski definition) is 5. The minimum atomic E-state index is -3.76. The first-order valence-electron chi connectivity index (χ1n) is 4.05. The quantitative estimate of drug-likeness (QED) is 0.623. The van der Waals surface area contributed by atoms with Crippen LogP contribution < -0.4 is 0 Å². The van der Waals surface area contributed by atoms with Gasteiger partial charge in [-0.25, -0.2) is 13.2 Å². The average molecular weight is 269 g/mol. The van der Waals surface area contributed by atoms with E-state index in [4.69, 9.17) is 15.4 Å². The zero-order chi connectivity index (χ0) is 11.6. The van der Waals surface area contributed by atoms with Gasteiger partial charge in [-0.15, -0.1) is 11.3 Å². The molecule has 0 saturated heterocycles. The lowest BCUT2D eigenvalue weighted by Gasteiger charge is -2.05. The van der Waals surface area contributed by atoms with Gasteiger partial charge in [0, 0.05) is 16.1 Å². The maximum atomic E-state index is 11.3. The Morgan fingerprint density at radius 1 is 1.53 bits per heavy atom. The maximum absolute atomic E-state index is 11.3. The third-order valence-electron chi connectivity index (χ3n) is 1.39. The molecular formula is C8H9ClO4S2. The largest absolute Gasteiger partial charge is 0.459 e. The Morgan fingerprint density at radius 3 is 2.53 bits per heavy atom. The summed E-state index contributed by atoms with van der Waals surface area (Å²) < 4.78 is 26.7. The van der Waals surface area contributed by atoms with Crippen LogP contribution in [-0.4, -0.2) is 20.5 Å². The Kier molecular flexibility index (Phi) is 3.75. The maximum Gasteiger partial charge on any atom is 0.339 e. The third kappa shape index (κ3) is 3.48. The third-order valence-corrected chi connectivity index (χ3v) is 4.43. The van der Waals surface area contributed by atoms with E-state index < -0.39 is 15.0 Å². The minimum Gasteiger partial charge on any atom is -0.459 e. The molecule has 0 radical (unpaired) electrons. The lowest BCUT2D eigenvalue weighted by molar-refractivity contribution is 0.0378. The lowest BCUT2D eigenvalue weighted by Crippen LogP contribution is -2.10. The van der Waals surface area contributed by atoms with Crippen LogP contribution in [0.5, 0.6) is 0 Å². The van der Waals surface area contributed by atoms with Gasteiger partial charge in [-0.05, 0) is 19.9 Å². The van der Waals surface area contributed by atoms with Crippen LogP contribution in [0.15, 0.2) is 15.7 Å². The summed E-state index contributed by atoms with van der Waals surface area (Å²) in [4.78, 5) is 11.3. The molecule has 1 rings (SSSR count). The van der Waals surface area contributed by atoms with Crippen LogP contribution >= 0.6 is 22.0 Å². The Balaban J connectivity index is 2.90. The molecular weight excluding hydrogens is 260 g/mol. The van der Waals surface area contributed by atoms with Crippen molar-refractivity contribution < 1.29 is 17.9 Å². The second-order valence-corrected chi connectivity index (χ2v) is 6.75. The van der Waals surface area contributed by atoms with Crippen molar-refractivity contribution in [2.24, 2.45) is 0 Å². The summed E-state index contributed by atoms with van der Waals surface area (Å²) in [5.74, 6) is -0.548. The normalized spacial score (nSPS) is 11.7. The number of carbonyl (C=O) groups is 1. The van der Waals surface area contributed by atoms with Crippen molar-refractivity contribution in [1.82, 2.24) is 0 Å². The Bertz CT molecular complexity index is 461. The fraction of sp³-hybridized carbons (Fsp3) is 0.375. The van der Waals surface area contributed by atoms with Crippen LogP contribution in [0, 0.1) is 0 Å². The molecule has 4 nitrogen and oxygen atoms in total. The van der Waals surface area contributed by atoms with Crippen LogP contribution in [0.2, 0.25) is 0 Å². The molecule has 0 aromatic carbocycles. The topological polar surface area (TPSA) is 60.4 Å². The molecule has 0 N–H and O–H groups in total. The van der Waals surface area contributed by atoms with Crippen molar-refractivity contribution in [1.29, 1.82) is 0 Å². The highest BCUT2D eigenvalue weighted by molar-refractivity contribution is 8.15. The summed E-state index contributed by atoms with van der Waals surface area (Å²) in [7, 11) is 1.35. The number of hydrogen-bond donors (Lipinski definition) is 0. The molecule has 7 heteroatoms. The monoisotopic (exact) mass is 268 g/mol. The molecule has 1 heterocycles.